The highest BCUT2D eigenvalue weighted by Crippen LogP contribution is 2.41. The van der Waals surface area contributed by atoms with Crippen LogP contribution >= 0.6 is 39.3 Å². The lowest BCUT2D eigenvalue weighted by Gasteiger charge is -2.19. The van der Waals surface area contributed by atoms with E-state index in [0.29, 0.717) is 4.47 Å². The van der Waals surface area contributed by atoms with E-state index in [9.17, 15) is 17.6 Å². The molecule has 0 saturated carbocycles. The fraction of sp³-hybridized carbons (Fsp3) is 0.333. The second kappa shape index (κ2) is 5.67. The number of ether oxygens (including phenoxy) is 1. The van der Waals surface area contributed by atoms with Crippen LogP contribution in [0.4, 0.5) is 17.6 Å². The van der Waals surface area contributed by atoms with Gasteiger partial charge in [-0.25, -0.2) is 0 Å². The van der Waals surface area contributed by atoms with Gasteiger partial charge in [0.2, 0.25) is 0 Å². The van der Waals surface area contributed by atoms with Crippen LogP contribution in [0.5, 0.6) is 5.75 Å². The maximum absolute atomic E-state index is 12.7. The van der Waals surface area contributed by atoms with Gasteiger partial charge in [0, 0.05) is 4.47 Å². The first-order chi connectivity index (χ1) is 7.79. The van der Waals surface area contributed by atoms with Crippen molar-refractivity contribution in [3.05, 3.63) is 21.6 Å². The zero-order chi connectivity index (χ0) is 13.2. The Bertz CT molecular complexity index is 416. The van der Waals surface area contributed by atoms with E-state index in [1.807, 2.05) is 0 Å². The highest BCUT2D eigenvalue weighted by Gasteiger charge is 2.44. The molecule has 1 aromatic rings. The fourth-order valence-corrected chi connectivity index (χ4v) is 2.43. The van der Waals surface area contributed by atoms with E-state index in [0.717, 1.165) is 17.8 Å². The van der Waals surface area contributed by atoms with Crippen molar-refractivity contribution in [2.45, 2.75) is 17.4 Å². The molecular formula is C9H6BrClF4OS. The van der Waals surface area contributed by atoms with Gasteiger partial charge in [-0.1, -0.05) is 11.6 Å². The van der Waals surface area contributed by atoms with Crippen molar-refractivity contribution in [3.8, 4) is 5.75 Å². The third-order valence-corrected chi connectivity index (χ3v) is 3.93. The number of benzene rings is 1. The molecule has 0 bridgehead atoms. The number of thioether (sulfide) groups is 1. The van der Waals surface area contributed by atoms with Crippen LogP contribution in [0, 0.1) is 0 Å². The summed E-state index contributed by atoms with van der Waals surface area (Å²) in [6.45, 7) is 0. The maximum atomic E-state index is 12.7. The molecule has 96 valence electrons. The van der Waals surface area contributed by atoms with Crippen molar-refractivity contribution in [3.63, 3.8) is 0 Å². The third kappa shape index (κ3) is 3.42. The molecule has 0 spiro atoms. The largest absolute Gasteiger partial charge is 0.461 e. The highest BCUT2D eigenvalue weighted by atomic mass is 79.9. The lowest BCUT2D eigenvalue weighted by atomic mass is 10.3. The summed E-state index contributed by atoms with van der Waals surface area (Å²) in [5, 5.41) is 0.139. The Morgan fingerprint density at radius 3 is 2.47 bits per heavy atom. The maximum Gasteiger partial charge on any atom is 0.461 e. The van der Waals surface area contributed by atoms with Gasteiger partial charge in [0.15, 0.2) is 0 Å². The van der Waals surface area contributed by atoms with Crippen molar-refractivity contribution >= 4 is 39.3 Å². The third-order valence-electron chi connectivity index (χ3n) is 1.72. The average Bonchev–Trinajstić information content (AvgIpc) is 2.23. The molecule has 0 heterocycles. The number of rotatable bonds is 4. The van der Waals surface area contributed by atoms with Crippen LogP contribution in [0.15, 0.2) is 21.5 Å². The van der Waals surface area contributed by atoms with Gasteiger partial charge in [0.25, 0.3) is 0 Å². The minimum absolute atomic E-state index is 0.139. The molecule has 0 fully saturated rings. The zero-order valence-electron chi connectivity index (χ0n) is 8.32. The van der Waals surface area contributed by atoms with E-state index in [4.69, 9.17) is 11.6 Å². The molecule has 0 amide bonds. The van der Waals surface area contributed by atoms with Gasteiger partial charge in [0.05, 0.1) is 9.92 Å². The number of hydrogen-bond donors (Lipinski definition) is 0. The average molecular weight is 354 g/mol. The Labute approximate surface area is 113 Å². The highest BCUT2D eigenvalue weighted by molar-refractivity contribution is 9.10. The molecule has 1 rings (SSSR count). The fourth-order valence-electron chi connectivity index (χ4n) is 0.976. The van der Waals surface area contributed by atoms with Crippen LogP contribution in [0.1, 0.15) is 0 Å². The molecule has 0 unspecified atom stereocenters. The summed E-state index contributed by atoms with van der Waals surface area (Å²) in [6.07, 6.45) is -6.87. The van der Waals surface area contributed by atoms with Crippen molar-refractivity contribution in [2.24, 2.45) is 0 Å². The van der Waals surface area contributed by atoms with Crippen molar-refractivity contribution in [1.82, 2.24) is 0 Å². The van der Waals surface area contributed by atoms with E-state index in [-0.39, 0.29) is 15.7 Å². The summed E-state index contributed by atoms with van der Waals surface area (Å²) in [5.41, 5.74) is 0. The molecular weight excluding hydrogens is 348 g/mol. The first kappa shape index (κ1) is 14.9. The summed E-state index contributed by atoms with van der Waals surface area (Å²) in [5.74, 6) is -0.379. The summed E-state index contributed by atoms with van der Waals surface area (Å²) < 4.78 is 53.9. The van der Waals surface area contributed by atoms with Gasteiger partial charge in [-0.05, 0) is 34.3 Å². The van der Waals surface area contributed by atoms with Crippen molar-refractivity contribution in [1.29, 1.82) is 0 Å². The van der Waals surface area contributed by atoms with Gasteiger partial charge >= 0.3 is 12.5 Å². The molecule has 0 N–H and O–H groups in total. The van der Waals surface area contributed by atoms with Crippen LogP contribution in [0.25, 0.3) is 0 Å². The standard InChI is InChI=1S/C9H6BrClF4OS/c1-17-7-5(3-2-4(10)6(7)11)16-9(14,15)8(12)13/h2-3,8H,1H3. The SMILES string of the molecule is CSc1c(OC(F)(F)C(F)F)ccc(Br)c1Cl. The summed E-state index contributed by atoms with van der Waals surface area (Å²) in [7, 11) is 0. The smallest absolute Gasteiger partial charge is 0.427 e. The molecule has 0 saturated heterocycles. The monoisotopic (exact) mass is 352 g/mol. The van der Waals surface area contributed by atoms with Crippen molar-refractivity contribution < 1.29 is 22.3 Å². The predicted octanol–water partition coefficient (Wildman–Crippen LogP) is 5.06. The van der Waals surface area contributed by atoms with E-state index in [1.54, 1.807) is 6.26 Å². The Balaban J connectivity index is 3.12. The van der Waals surface area contributed by atoms with Gasteiger partial charge in [-0.3, -0.25) is 0 Å². The van der Waals surface area contributed by atoms with E-state index in [2.05, 4.69) is 20.7 Å². The molecule has 0 atom stereocenters. The molecule has 0 aliphatic carbocycles. The predicted molar refractivity (Wildman–Crippen MR) is 62.5 cm³/mol. The van der Waals surface area contributed by atoms with Gasteiger partial charge in [-0.15, -0.1) is 11.8 Å². The molecule has 0 aromatic heterocycles. The van der Waals surface area contributed by atoms with Crippen LogP contribution in [0.2, 0.25) is 5.02 Å². The normalized spacial score (nSPS) is 12.0. The van der Waals surface area contributed by atoms with E-state index >= 15 is 0 Å². The van der Waals surface area contributed by atoms with Crippen LogP contribution in [-0.2, 0) is 0 Å². The van der Waals surface area contributed by atoms with E-state index in [1.165, 1.54) is 6.07 Å². The first-order valence-electron chi connectivity index (χ1n) is 4.16. The van der Waals surface area contributed by atoms with Gasteiger partial charge in [0.1, 0.15) is 5.75 Å². The summed E-state index contributed by atoms with van der Waals surface area (Å²) in [6, 6.07) is 2.50. The number of hydrogen-bond acceptors (Lipinski definition) is 2. The second-order valence-corrected chi connectivity index (χ2v) is 4.91. The number of halogens is 6. The molecule has 1 aromatic carbocycles. The number of alkyl halides is 4. The quantitative estimate of drug-likeness (QED) is 0.553. The molecule has 17 heavy (non-hydrogen) atoms. The minimum Gasteiger partial charge on any atom is -0.427 e. The zero-order valence-corrected chi connectivity index (χ0v) is 11.5. The minimum atomic E-state index is -4.54. The molecule has 0 aliphatic rings. The Kier molecular flexibility index (Phi) is 4.97. The van der Waals surface area contributed by atoms with Gasteiger partial charge < -0.3 is 4.74 Å². The molecule has 0 radical (unpaired) electrons. The lowest BCUT2D eigenvalue weighted by Crippen LogP contribution is -2.33. The Morgan fingerprint density at radius 1 is 1.41 bits per heavy atom. The molecule has 8 heteroatoms. The summed E-state index contributed by atoms with van der Waals surface area (Å²) in [4.78, 5) is 0.168. The van der Waals surface area contributed by atoms with Gasteiger partial charge in [-0.2, -0.15) is 17.6 Å². The lowest BCUT2D eigenvalue weighted by molar-refractivity contribution is -0.254. The second-order valence-electron chi connectivity index (χ2n) is 2.86. The topological polar surface area (TPSA) is 9.23 Å². The molecule has 1 nitrogen and oxygen atoms in total. The van der Waals surface area contributed by atoms with Crippen LogP contribution in [-0.4, -0.2) is 18.8 Å². The molecule has 0 aliphatic heterocycles. The summed E-state index contributed by atoms with van der Waals surface area (Å²) >= 11 is 9.94. The van der Waals surface area contributed by atoms with E-state index < -0.39 is 12.5 Å². The Morgan fingerprint density at radius 2 is 2.00 bits per heavy atom. The first-order valence-corrected chi connectivity index (χ1v) is 6.56. The van der Waals surface area contributed by atoms with Crippen molar-refractivity contribution in [2.75, 3.05) is 6.26 Å². The Hall–Kier alpha value is -0.140. The van der Waals surface area contributed by atoms with Crippen LogP contribution in [0.3, 0.4) is 0 Å². The van der Waals surface area contributed by atoms with Crippen LogP contribution < -0.4 is 4.74 Å².